The van der Waals surface area contributed by atoms with Gasteiger partial charge in [-0.25, -0.2) is 4.98 Å². The summed E-state index contributed by atoms with van der Waals surface area (Å²) in [4.78, 5) is 7.89. The molecule has 1 atom stereocenters. The molecule has 0 aliphatic carbocycles. The number of aromatic nitrogens is 2. The van der Waals surface area contributed by atoms with Gasteiger partial charge in [-0.1, -0.05) is 61.8 Å². The maximum atomic E-state index is 6.45. The van der Waals surface area contributed by atoms with Gasteiger partial charge < -0.3 is 21.4 Å². The molecule has 0 amide bonds. The highest BCUT2D eigenvalue weighted by Gasteiger charge is 2.17. The number of nitrogens with two attached hydrogens (primary N) is 1. The molecule has 0 saturated carbocycles. The van der Waals surface area contributed by atoms with Crippen LogP contribution in [0.5, 0.6) is 0 Å². The van der Waals surface area contributed by atoms with Crippen molar-refractivity contribution in [2.24, 2.45) is 5.92 Å². The number of nitrogens with zero attached hydrogens (tertiary/aromatic N) is 1. The molecule has 0 saturated heterocycles. The minimum Gasteiger partial charge on any atom is -0.383 e. The molecule has 4 aromatic rings. The minimum atomic E-state index is 0.0710. The van der Waals surface area contributed by atoms with Crippen LogP contribution >= 0.6 is 11.6 Å². The van der Waals surface area contributed by atoms with Crippen LogP contribution in [-0.2, 0) is 13.0 Å². The van der Waals surface area contributed by atoms with Crippen molar-refractivity contribution in [3.05, 3.63) is 88.7 Å². The number of benzene rings is 2. The summed E-state index contributed by atoms with van der Waals surface area (Å²) < 4.78 is 0. The molecular formula is C27H32ClN5. The number of fused-ring (bicyclic) bond motifs is 1. The monoisotopic (exact) mass is 461 g/mol. The summed E-state index contributed by atoms with van der Waals surface area (Å²) in [5.74, 6) is 1.20. The van der Waals surface area contributed by atoms with E-state index >= 15 is 0 Å². The van der Waals surface area contributed by atoms with Crippen molar-refractivity contribution in [3.63, 3.8) is 0 Å². The topological polar surface area (TPSA) is 78.8 Å². The molecule has 0 fully saturated rings. The number of aromatic amines is 1. The quantitative estimate of drug-likeness (QED) is 0.222. The first kappa shape index (κ1) is 23.1. The average molecular weight is 462 g/mol. The van der Waals surface area contributed by atoms with Crippen molar-refractivity contribution in [3.8, 4) is 0 Å². The van der Waals surface area contributed by atoms with Gasteiger partial charge in [-0.05, 0) is 48.6 Å². The predicted octanol–water partition coefficient (Wildman–Crippen LogP) is 6.33. The molecule has 0 spiro atoms. The molecule has 2 aromatic heterocycles. The summed E-state index contributed by atoms with van der Waals surface area (Å²) in [5, 5.41) is 9.09. The van der Waals surface area contributed by atoms with Crippen LogP contribution < -0.4 is 16.4 Å². The maximum Gasteiger partial charge on any atom is 0.127 e. The van der Waals surface area contributed by atoms with Crippen LogP contribution in [0, 0.1) is 5.92 Å². The van der Waals surface area contributed by atoms with Gasteiger partial charge in [-0.2, -0.15) is 0 Å². The van der Waals surface area contributed by atoms with E-state index in [1.807, 2.05) is 30.3 Å². The normalized spacial score (nSPS) is 12.4. The van der Waals surface area contributed by atoms with Gasteiger partial charge >= 0.3 is 0 Å². The summed E-state index contributed by atoms with van der Waals surface area (Å²) in [6.07, 6.45) is 3.67. The van der Waals surface area contributed by atoms with Crippen molar-refractivity contribution in [2.45, 2.75) is 39.3 Å². The third-order valence-electron chi connectivity index (χ3n) is 5.87. The zero-order valence-electron chi connectivity index (χ0n) is 19.2. The summed E-state index contributed by atoms with van der Waals surface area (Å²) in [5.41, 5.74) is 11.6. The van der Waals surface area contributed by atoms with Gasteiger partial charge in [0.05, 0.1) is 17.2 Å². The number of halogens is 1. The lowest BCUT2D eigenvalue weighted by Crippen LogP contribution is -2.24. The summed E-state index contributed by atoms with van der Waals surface area (Å²) in [6.45, 7) is 6.01. The van der Waals surface area contributed by atoms with Crippen molar-refractivity contribution >= 4 is 34.0 Å². The average Bonchev–Trinajstić information content (AvgIpc) is 3.22. The van der Waals surface area contributed by atoms with Gasteiger partial charge in [-0.3, -0.25) is 0 Å². The summed E-state index contributed by atoms with van der Waals surface area (Å²) in [6, 6.07) is 20.7. The maximum absolute atomic E-state index is 6.45. The number of anilines is 2. The number of hydrogen-bond donors (Lipinski definition) is 4. The molecule has 2 heterocycles. The van der Waals surface area contributed by atoms with Gasteiger partial charge in [0.25, 0.3) is 0 Å². The summed E-state index contributed by atoms with van der Waals surface area (Å²) in [7, 11) is 0. The Morgan fingerprint density at radius 2 is 1.88 bits per heavy atom. The molecule has 0 aliphatic heterocycles. The first-order valence-electron chi connectivity index (χ1n) is 11.5. The SMILES string of the molecule is CC(C)CCNc1cc(Cl)cc2cc([C@H](Cc3ccccc3)NCc3cccnc3N)[nH]c12. The molecule has 6 heteroatoms. The molecule has 33 heavy (non-hydrogen) atoms. The lowest BCUT2D eigenvalue weighted by atomic mass is 10.0. The summed E-state index contributed by atoms with van der Waals surface area (Å²) >= 11 is 6.45. The minimum absolute atomic E-state index is 0.0710. The molecule has 0 radical (unpaired) electrons. The highest BCUT2D eigenvalue weighted by molar-refractivity contribution is 6.31. The zero-order valence-corrected chi connectivity index (χ0v) is 20.0. The number of nitrogen functional groups attached to an aromatic ring is 1. The van der Waals surface area contributed by atoms with Crippen LogP contribution in [0.25, 0.3) is 10.9 Å². The molecule has 0 aliphatic rings. The van der Waals surface area contributed by atoms with Gasteiger partial charge in [0.15, 0.2) is 0 Å². The lowest BCUT2D eigenvalue weighted by molar-refractivity contribution is 0.521. The molecule has 5 nitrogen and oxygen atoms in total. The Morgan fingerprint density at radius 1 is 1.06 bits per heavy atom. The van der Waals surface area contributed by atoms with E-state index in [1.54, 1.807) is 6.20 Å². The fourth-order valence-corrected chi connectivity index (χ4v) is 4.25. The second-order valence-corrected chi connectivity index (χ2v) is 9.36. The van der Waals surface area contributed by atoms with E-state index < -0.39 is 0 Å². The highest BCUT2D eigenvalue weighted by atomic mass is 35.5. The lowest BCUT2D eigenvalue weighted by Gasteiger charge is -2.19. The predicted molar refractivity (Wildman–Crippen MR) is 140 cm³/mol. The number of H-pyrrole nitrogens is 1. The number of hydrogen-bond acceptors (Lipinski definition) is 4. The number of pyridine rings is 1. The van der Waals surface area contributed by atoms with Crippen LogP contribution in [0.4, 0.5) is 11.5 Å². The molecule has 4 rings (SSSR count). The van der Waals surface area contributed by atoms with E-state index in [9.17, 15) is 0 Å². The zero-order chi connectivity index (χ0) is 23.2. The Morgan fingerprint density at radius 3 is 2.64 bits per heavy atom. The van der Waals surface area contributed by atoms with Crippen LogP contribution in [0.1, 0.15) is 43.1 Å². The molecule has 0 unspecified atom stereocenters. The van der Waals surface area contributed by atoms with Crippen molar-refractivity contribution in [2.75, 3.05) is 17.6 Å². The second kappa shape index (κ2) is 10.7. The van der Waals surface area contributed by atoms with Crippen molar-refractivity contribution < 1.29 is 0 Å². The number of nitrogens with one attached hydrogen (secondary N) is 3. The Hall–Kier alpha value is -3.02. The Kier molecular flexibility index (Phi) is 7.53. The van der Waals surface area contributed by atoms with Gasteiger partial charge in [0.2, 0.25) is 0 Å². The second-order valence-electron chi connectivity index (χ2n) is 8.92. The fourth-order valence-electron chi connectivity index (χ4n) is 4.03. The van der Waals surface area contributed by atoms with Crippen molar-refractivity contribution in [1.29, 1.82) is 0 Å². The first-order chi connectivity index (χ1) is 16.0. The highest BCUT2D eigenvalue weighted by Crippen LogP contribution is 2.31. The first-order valence-corrected chi connectivity index (χ1v) is 11.9. The smallest absolute Gasteiger partial charge is 0.127 e. The van der Waals surface area contributed by atoms with Crippen molar-refractivity contribution in [1.82, 2.24) is 15.3 Å². The van der Waals surface area contributed by atoms with E-state index in [0.29, 0.717) is 18.3 Å². The van der Waals surface area contributed by atoms with Crippen LogP contribution in [-0.4, -0.2) is 16.5 Å². The third-order valence-corrected chi connectivity index (χ3v) is 6.09. The molecule has 5 N–H and O–H groups in total. The van der Waals surface area contributed by atoms with Gasteiger partial charge in [0.1, 0.15) is 5.82 Å². The largest absolute Gasteiger partial charge is 0.383 e. The molecule has 0 bridgehead atoms. The van der Waals surface area contributed by atoms with E-state index in [0.717, 1.165) is 52.3 Å². The Bertz CT molecular complexity index is 1190. The third kappa shape index (κ3) is 6.06. The Labute approximate surface area is 200 Å². The van der Waals surface area contributed by atoms with E-state index in [2.05, 4.69) is 64.8 Å². The molecule has 172 valence electrons. The van der Waals surface area contributed by atoms with Crippen LogP contribution in [0.3, 0.4) is 0 Å². The Balaban J connectivity index is 1.63. The van der Waals surface area contributed by atoms with E-state index in [1.165, 1.54) is 5.56 Å². The fraction of sp³-hybridized carbons (Fsp3) is 0.296. The van der Waals surface area contributed by atoms with E-state index in [-0.39, 0.29) is 6.04 Å². The van der Waals surface area contributed by atoms with Gasteiger partial charge in [0, 0.05) is 41.0 Å². The van der Waals surface area contributed by atoms with Crippen LogP contribution in [0.2, 0.25) is 5.02 Å². The molecule has 2 aromatic carbocycles. The molecular weight excluding hydrogens is 430 g/mol. The van der Waals surface area contributed by atoms with E-state index in [4.69, 9.17) is 17.3 Å². The van der Waals surface area contributed by atoms with Crippen LogP contribution in [0.15, 0.2) is 66.9 Å². The number of rotatable bonds is 10. The van der Waals surface area contributed by atoms with Gasteiger partial charge in [-0.15, -0.1) is 0 Å². The standard InChI is InChI=1S/C27H32ClN5/c1-18(2)10-12-30-25-16-22(28)14-21-15-24(33-26(21)25)23(13-19-7-4-3-5-8-19)32-17-20-9-6-11-31-27(20)29/h3-9,11,14-16,18,23,30,32-33H,10,12-13,17H2,1-2H3,(H2,29,31)/t23-/m0/s1.